The van der Waals surface area contributed by atoms with Gasteiger partial charge in [-0.2, -0.15) is 4.37 Å². The van der Waals surface area contributed by atoms with E-state index in [4.69, 9.17) is 5.73 Å². The van der Waals surface area contributed by atoms with E-state index in [1.54, 1.807) is 0 Å². The molecule has 0 spiro atoms. The molecular weight excluding hydrogens is 308 g/mol. The zero-order chi connectivity index (χ0) is 16.0. The van der Waals surface area contributed by atoms with Crippen molar-refractivity contribution in [3.8, 4) is 0 Å². The number of anilines is 2. The Bertz CT molecular complexity index is 540. The van der Waals surface area contributed by atoms with Crippen molar-refractivity contribution in [2.24, 2.45) is 5.92 Å². The Morgan fingerprint density at radius 3 is 2.57 bits per heavy atom. The molecule has 6 nitrogen and oxygen atoms in total. The van der Waals surface area contributed by atoms with Crippen LogP contribution < -0.4 is 11.1 Å². The first-order valence-corrected chi connectivity index (χ1v) is 9.47. The lowest BCUT2D eigenvalue weighted by atomic mass is 9.99. The van der Waals surface area contributed by atoms with E-state index in [2.05, 4.69) is 23.5 Å². The van der Waals surface area contributed by atoms with E-state index in [9.17, 15) is 8.42 Å². The minimum absolute atomic E-state index is 0.0674. The van der Waals surface area contributed by atoms with E-state index in [0.717, 1.165) is 35.2 Å². The van der Waals surface area contributed by atoms with Crippen LogP contribution in [-0.4, -0.2) is 37.7 Å². The maximum absolute atomic E-state index is 12.3. The summed E-state index contributed by atoms with van der Waals surface area (Å²) in [5.41, 5.74) is 5.74. The first-order valence-electron chi connectivity index (χ1n) is 7.26. The molecule has 1 heterocycles. The number of rotatable bonds is 9. The molecular formula is C13H26N4O2S2. The molecule has 1 aromatic heterocycles. The van der Waals surface area contributed by atoms with Gasteiger partial charge in [-0.25, -0.2) is 12.7 Å². The molecule has 0 saturated carbocycles. The fraction of sp³-hybridized carbons (Fsp3) is 0.769. The summed E-state index contributed by atoms with van der Waals surface area (Å²) in [6.45, 7) is 5.07. The van der Waals surface area contributed by atoms with Gasteiger partial charge in [0, 0.05) is 20.6 Å². The molecule has 122 valence electrons. The number of nitrogens with one attached hydrogen (secondary N) is 1. The Kier molecular flexibility index (Phi) is 6.89. The van der Waals surface area contributed by atoms with Gasteiger partial charge in [0.05, 0.1) is 0 Å². The molecule has 0 aliphatic heterocycles. The third kappa shape index (κ3) is 4.55. The van der Waals surface area contributed by atoms with Gasteiger partial charge in [0.2, 0.25) is 10.0 Å². The number of unbranched alkanes of at least 4 members (excludes halogenated alkanes) is 1. The standard InChI is InChI=1S/C13H26N4O2S2/c1-5-7-8-10(6-2)9-15-13-11(12(14)16-20-13)21(18,19)17(3)4/h10,15H,5-9H2,1-4H3,(H2,14,16). The zero-order valence-electron chi connectivity index (χ0n) is 13.2. The molecule has 0 aromatic carbocycles. The lowest BCUT2D eigenvalue weighted by Gasteiger charge is -2.17. The van der Waals surface area contributed by atoms with Crippen LogP contribution in [0.4, 0.5) is 10.8 Å². The largest absolute Gasteiger partial charge is 0.382 e. The van der Waals surface area contributed by atoms with Gasteiger partial charge in [0.15, 0.2) is 10.7 Å². The maximum atomic E-state index is 12.3. The first-order chi connectivity index (χ1) is 9.84. The van der Waals surface area contributed by atoms with Crippen molar-refractivity contribution in [1.29, 1.82) is 0 Å². The van der Waals surface area contributed by atoms with Crippen molar-refractivity contribution in [3.63, 3.8) is 0 Å². The van der Waals surface area contributed by atoms with E-state index in [0.29, 0.717) is 10.9 Å². The van der Waals surface area contributed by atoms with Crippen LogP contribution in [0.15, 0.2) is 4.90 Å². The lowest BCUT2D eigenvalue weighted by Crippen LogP contribution is -2.24. The fourth-order valence-corrected chi connectivity index (χ4v) is 4.10. The minimum Gasteiger partial charge on any atom is -0.382 e. The zero-order valence-corrected chi connectivity index (χ0v) is 14.9. The average molecular weight is 335 g/mol. The number of hydrogen-bond acceptors (Lipinski definition) is 6. The van der Waals surface area contributed by atoms with Crippen molar-refractivity contribution in [2.75, 3.05) is 31.7 Å². The summed E-state index contributed by atoms with van der Waals surface area (Å²) in [5, 5.41) is 3.76. The van der Waals surface area contributed by atoms with Gasteiger partial charge < -0.3 is 11.1 Å². The number of nitrogens with zero attached hydrogens (tertiary/aromatic N) is 2. The third-order valence-electron chi connectivity index (χ3n) is 3.51. The lowest BCUT2D eigenvalue weighted by molar-refractivity contribution is 0.472. The minimum atomic E-state index is -3.57. The van der Waals surface area contributed by atoms with Crippen molar-refractivity contribution in [1.82, 2.24) is 8.68 Å². The molecule has 0 fully saturated rings. The molecule has 0 radical (unpaired) electrons. The van der Waals surface area contributed by atoms with Gasteiger partial charge in [-0.05, 0) is 23.9 Å². The van der Waals surface area contributed by atoms with E-state index >= 15 is 0 Å². The number of sulfonamides is 1. The second-order valence-electron chi connectivity index (χ2n) is 5.31. The van der Waals surface area contributed by atoms with Crippen LogP contribution in [0, 0.1) is 5.92 Å². The number of aromatic nitrogens is 1. The molecule has 8 heteroatoms. The van der Waals surface area contributed by atoms with Crippen LogP contribution in [0.1, 0.15) is 39.5 Å². The summed E-state index contributed by atoms with van der Waals surface area (Å²) in [6.07, 6.45) is 4.57. The quantitative estimate of drug-likeness (QED) is 0.724. The highest BCUT2D eigenvalue weighted by atomic mass is 32.2. The highest BCUT2D eigenvalue weighted by Crippen LogP contribution is 2.33. The number of hydrogen-bond donors (Lipinski definition) is 2. The van der Waals surface area contributed by atoms with Gasteiger partial charge in [0.1, 0.15) is 5.00 Å². The van der Waals surface area contributed by atoms with E-state index < -0.39 is 10.0 Å². The van der Waals surface area contributed by atoms with Gasteiger partial charge in [-0.15, -0.1) is 0 Å². The van der Waals surface area contributed by atoms with Gasteiger partial charge in [0.25, 0.3) is 0 Å². The Hall–Kier alpha value is -0.860. The second kappa shape index (κ2) is 7.95. The van der Waals surface area contributed by atoms with Crippen molar-refractivity contribution < 1.29 is 8.42 Å². The Morgan fingerprint density at radius 2 is 2.05 bits per heavy atom. The van der Waals surface area contributed by atoms with Gasteiger partial charge in [-0.1, -0.05) is 33.1 Å². The number of nitrogen functional groups attached to an aromatic ring is 1. The normalized spacial score (nSPS) is 13.6. The number of nitrogens with two attached hydrogens (primary N) is 1. The first kappa shape index (κ1) is 18.2. The molecule has 1 rings (SSSR count). The van der Waals surface area contributed by atoms with Crippen LogP contribution in [0.2, 0.25) is 0 Å². The smallest absolute Gasteiger partial charge is 0.249 e. The molecule has 0 aliphatic rings. The fourth-order valence-electron chi connectivity index (χ4n) is 2.02. The summed E-state index contributed by atoms with van der Waals surface area (Å²) in [5.74, 6) is 0.598. The average Bonchev–Trinajstić information content (AvgIpc) is 2.80. The summed E-state index contributed by atoms with van der Waals surface area (Å²) >= 11 is 1.10. The van der Waals surface area contributed by atoms with Crippen LogP contribution in [0.3, 0.4) is 0 Å². The molecule has 21 heavy (non-hydrogen) atoms. The summed E-state index contributed by atoms with van der Waals surface area (Å²) in [7, 11) is -0.588. The van der Waals surface area contributed by atoms with Crippen molar-refractivity contribution >= 4 is 32.4 Å². The van der Waals surface area contributed by atoms with E-state index in [1.165, 1.54) is 26.9 Å². The monoisotopic (exact) mass is 334 g/mol. The molecule has 0 amide bonds. The van der Waals surface area contributed by atoms with Crippen LogP contribution in [0.5, 0.6) is 0 Å². The van der Waals surface area contributed by atoms with E-state index in [1.807, 2.05) is 0 Å². The maximum Gasteiger partial charge on any atom is 0.249 e. The molecule has 3 N–H and O–H groups in total. The molecule has 0 bridgehead atoms. The third-order valence-corrected chi connectivity index (χ3v) is 6.35. The van der Waals surface area contributed by atoms with Crippen molar-refractivity contribution in [2.45, 2.75) is 44.4 Å². The van der Waals surface area contributed by atoms with Crippen LogP contribution in [-0.2, 0) is 10.0 Å². The second-order valence-corrected chi connectivity index (χ2v) is 8.17. The highest BCUT2D eigenvalue weighted by molar-refractivity contribution is 7.89. The molecule has 1 atom stereocenters. The molecule has 0 saturated heterocycles. The van der Waals surface area contributed by atoms with E-state index in [-0.39, 0.29) is 10.7 Å². The van der Waals surface area contributed by atoms with Gasteiger partial charge >= 0.3 is 0 Å². The Balaban J connectivity index is 2.86. The van der Waals surface area contributed by atoms with Crippen LogP contribution >= 0.6 is 11.5 Å². The van der Waals surface area contributed by atoms with Crippen LogP contribution in [0.25, 0.3) is 0 Å². The summed E-state index contributed by atoms with van der Waals surface area (Å²) in [6, 6.07) is 0. The van der Waals surface area contributed by atoms with Crippen molar-refractivity contribution in [3.05, 3.63) is 0 Å². The predicted molar refractivity (Wildman–Crippen MR) is 89.2 cm³/mol. The Morgan fingerprint density at radius 1 is 1.38 bits per heavy atom. The molecule has 1 aromatic rings. The summed E-state index contributed by atoms with van der Waals surface area (Å²) in [4.78, 5) is 0.0999. The Labute approximate surface area is 131 Å². The molecule has 1 unspecified atom stereocenters. The topological polar surface area (TPSA) is 88.3 Å². The molecule has 0 aliphatic carbocycles. The SMILES string of the molecule is CCCCC(CC)CNc1snc(N)c1S(=O)(=O)N(C)C. The highest BCUT2D eigenvalue weighted by Gasteiger charge is 2.27. The predicted octanol–water partition coefficient (Wildman–Crippen LogP) is 2.60. The summed E-state index contributed by atoms with van der Waals surface area (Å²) < 4.78 is 29.7. The van der Waals surface area contributed by atoms with Gasteiger partial charge in [-0.3, -0.25) is 0 Å².